The molecule has 0 atom stereocenters. The van der Waals surface area contributed by atoms with E-state index in [-0.39, 0.29) is 11.1 Å². The minimum Gasteiger partial charge on any atom is -0.495 e. The molecule has 3 aromatic rings. The van der Waals surface area contributed by atoms with Crippen LogP contribution in [0.25, 0.3) is 10.9 Å². The van der Waals surface area contributed by atoms with Crippen LogP contribution in [0.1, 0.15) is 20.7 Å². The van der Waals surface area contributed by atoms with E-state index in [1.807, 2.05) is 6.07 Å². The number of anilines is 2. The van der Waals surface area contributed by atoms with Crippen LogP contribution in [-0.4, -0.2) is 29.1 Å². The molecule has 1 heterocycles. The summed E-state index contributed by atoms with van der Waals surface area (Å²) >= 11 is 3.38. The Bertz CT molecular complexity index is 1040. The number of carboxylic acids is 1. The molecule has 0 saturated carbocycles. The number of primary amides is 1. The molecule has 132 valence electrons. The van der Waals surface area contributed by atoms with Crippen molar-refractivity contribution in [3.8, 4) is 5.75 Å². The number of carbonyl (C=O) groups excluding carboxylic acids is 1. The van der Waals surface area contributed by atoms with Crippen LogP contribution in [0.3, 0.4) is 0 Å². The van der Waals surface area contributed by atoms with Crippen molar-refractivity contribution in [2.45, 2.75) is 0 Å². The average Bonchev–Trinajstić information content (AvgIpc) is 2.61. The number of aromatic nitrogens is 1. The van der Waals surface area contributed by atoms with Crippen LogP contribution in [0.5, 0.6) is 5.75 Å². The Balaban J connectivity index is 2.22. The molecule has 0 radical (unpaired) electrons. The van der Waals surface area contributed by atoms with Gasteiger partial charge in [-0.3, -0.25) is 9.78 Å². The molecule has 1 amide bonds. The first-order chi connectivity index (χ1) is 12.4. The molecule has 0 aliphatic carbocycles. The number of aromatic carboxylic acids is 1. The summed E-state index contributed by atoms with van der Waals surface area (Å²) in [4.78, 5) is 27.4. The molecule has 3 rings (SSSR count). The summed E-state index contributed by atoms with van der Waals surface area (Å²) in [5, 5.41) is 13.0. The monoisotopic (exact) mass is 415 g/mol. The fraction of sp³-hybridized carbons (Fsp3) is 0.0556. The van der Waals surface area contributed by atoms with Crippen molar-refractivity contribution in [3.63, 3.8) is 0 Å². The summed E-state index contributed by atoms with van der Waals surface area (Å²) in [6.07, 6.45) is 1.38. The minimum atomic E-state index is -1.07. The molecular weight excluding hydrogens is 402 g/mol. The number of hydrogen-bond acceptors (Lipinski definition) is 5. The fourth-order valence-electron chi connectivity index (χ4n) is 2.56. The lowest BCUT2D eigenvalue weighted by Crippen LogP contribution is -2.14. The second-order valence-electron chi connectivity index (χ2n) is 5.42. The summed E-state index contributed by atoms with van der Waals surface area (Å²) in [6.45, 7) is 0. The zero-order valence-electron chi connectivity index (χ0n) is 13.6. The van der Waals surface area contributed by atoms with Crippen molar-refractivity contribution in [2.75, 3.05) is 12.4 Å². The smallest absolute Gasteiger partial charge is 0.335 e. The zero-order chi connectivity index (χ0) is 18.8. The molecule has 26 heavy (non-hydrogen) atoms. The van der Waals surface area contributed by atoms with Gasteiger partial charge >= 0.3 is 5.97 Å². The Labute approximate surface area is 156 Å². The molecule has 0 aliphatic heterocycles. The number of carboxylic acid groups (broad SMARTS) is 1. The number of nitrogens with one attached hydrogen (secondary N) is 1. The molecule has 0 unspecified atom stereocenters. The maximum absolute atomic E-state index is 11.9. The van der Waals surface area contributed by atoms with Gasteiger partial charge in [0.2, 0.25) is 0 Å². The third-order valence-corrected chi connectivity index (χ3v) is 4.30. The number of rotatable bonds is 5. The highest BCUT2D eigenvalue weighted by Gasteiger charge is 2.16. The lowest BCUT2D eigenvalue weighted by molar-refractivity contribution is 0.0696. The second kappa shape index (κ2) is 7.01. The normalized spacial score (nSPS) is 10.5. The van der Waals surface area contributed by atoms with Crippen molar-refractivity contribution in [3.05, 3.63) is 58.2 Å². The van der Waals surface area contributed by atoms with E-state index in [2.05, 4.69) is 26.2 Å². The summed E-state index contributed by atoms with van der Waals surface area (Å²) in [5.41, 5.74) is 7.21. The van der Waals surface area contributed by atoms with Gasteiger partial charge in [0.15, 0.2) is 0 Å². The Morgan fingerprint density at radius 2 is 2.00 bits per heavy atom. The van der Waals surface area contributed by atoms with Crippen molar-refractivity contribution in [2.24, 2.45) is 5.73 Å². The van der Waals surface area contributed by atoms with E-state index in [1.165, 1.54) is 31.5 Å². The van der Waals surface area contributed by atoms with Gasteiger partial charge in [0, 0.05) is 16.1 Å². The average molecular weight is 416 g/mol. The highest BCUT2D eigenvalue weighted by molar-refractivity contribution is 9.10. The number of methoxy groups -OCH3 is 1. The molecule has 7 nitrogen and oxygen atoms in total. The first kappa shape index (κ1) is 17.7. The predicted molar refractivity (Wildman–Crippen MR) is 101 cm³/mol. The third kappa shape index (κ3) is 3.31. The van der Waals surface area contributed by atoms with Crippen molar-refractivity contribution < 1.29 is 19.4 Å². The molecule has 0 saturated heterocycles. The zero-order valence-corrected chi connectivity index (χ0v) is 15.2. The van der Waals surface area contributed by atoms with Gasteiger partial charge in [-0.2, -0.15) is 0 Å². The van der Waals surface area contributed by atoms with Crippen molar-refractivity contribution in [1.29, 1.82) is 0 Å². The molecule has 0 aliphatic rings. The van der Waals surface area contributed by atoms with E-state index in [1.54, 1.807) is 12.1 Å². The number of hydrogen-bond donors (Lipinski definition) is 3. The van der Waals surface area contributed by atoms with Gasteiger partial charge < -0.3 is 20.9 Å². The summed E-state index contributed by atoms with van der Waals surface area (Å²) < 4.78 is 6.12. The number of nitrogens with two attached hydrogens (primary N) is 1. The van der Waals surface area contributed by atoms with E-state index in [4.69, 9.17) is 10.5 Å². The van der Waals surface area contributed by atoms with Gasteiger partial charge in [0.25, 0.3) is 5.91 Å². The van der Waals surface area contributed by atoms with E-state index in [9.17, 15) is 14.7 Å². The summed E-state index contributed by atoms with van der Waals surface area (Å²) in [6, 6.07) is 9.80. The van der Waals surface area contributed by atoms with Crippen LogP contribution in [0, 0.1) is 0 Å². The van der Waals surface area contributed by atoms with E-state index in [0.717, 1.165) is 4.47 Å². The minimum absolute atomic E-state index is 0.0787. The summed E-state index contributed by atoms with van der Waals surface area (Å²) in [7, 11) is 1.47. The first-order valence-electron chi connectivity index (χ1n) is 7.47. The molecule has 0 fully saturated rings. The molecule has 0 spiro atoms. The second-order valence-corrected chi connectivity index (χ2v) is 6.33. The number of nitrogens with zero attached hydrogens (tertiary/aromatic N) is 1. The molecular formula is C18H14BrN3O4. The van der Waals surface area contributed by atoms with Gasteiger partial charge in [0.1, 0.15) is 5.75 Å². The number of fused-ring (bicyclic) bond motifs is 1. The van der Waals surface area contributed by atoms with E-state index < -0.39 is 11.9 Å². The maximum atomic E-state index is 11.9. The van der Waals surface area contributed by atoms with Gasteiger partial charge in [0.05, 0.1) is 35.1 Å². The van der Waals surface area contributed by atoms with Crippen LogP contribution in [-0.2, 0) is 0 Å². The number of halogens is 1. The Morgan fingerprint density at radius 3 is 2.65 bits per heavy atom. The quantitative estimate of drug-likeness (QED) is 0.586. The lowest BCUT2D eigenvalue weighted by atomic mass is 10.1. The van der Waals surface area contributed by atoms with Crippen LogP contribution >= 0.6 is 15.9 Å². The van der Waals surface area contributed by atoms with Gasteiger partial charge in [-0.1, -0.05) is 15.9 Å². The van der Waals surface area contributed by atoms with Crippen LogP contribution < -0.4 is 15.8 Å². The topological polar surface area (TPSA) is 115 Å². The third-order valence-electron chi connectivity index (χ3n) is 3.80. The molecule has 0 bridgehead atoms. The Kier molecular flexibility index (Phi) is 4.77. The number of benzene rings is 2. The van der Waals surface area contributed by atoms with Crippen molar-refractivity contribution >= 4 is 50.1 Å². The Hall–Kier alpha value is -3.13. The van der Waals surface area contributed by atoms with Gasteiger partial charge in [-0.25, -0.2) is 4.79 Å². The van der Waals surface area contributed by atoms with Crippen LogP contribution in [0.15, 0.2) is 47.1 Å². The molecule has 1 aromatic heterocycles. The fourth-order valence-corrected chi connectivity index (χ4v) is 2.91. The predicted octanol–water partition coefficient (Wildman–Crippen LogP) is 3.55. The van der Waals surface area contributed by atoms with Crippen LogP contribution in [0.2, 0.25) is 0 Å². The Morgan fingerprint density at radius 1 is 1.23 bits per heavy atom. The molecule has 8 heteroatoms. The number of pyridine rings is 1. The number of carbonyl (C=O) groups is 2. The SMILES string of the molecule is COc1ccc(C(=O)O)cc1Nc1c(C(N)=O)cnc2cc(Br)ccc12. The molecule has 4 N–H and O–H groups in total. The highest BCUT2D eigenvalue weighted by atomic mass is 79.9. The maximum Gasteiger partial charge on any atom is 0.335 e. The van der Waals surface area contributed by atoms with E-state index in [0.29, 0.717) is 28.0 Å². The van der Waals surface area contributed by atoms with Crippen LogP contribution in [0.4, 0.5) is 11.4 Å². The highest BCUT2D eigenvalue weighted by Crippen LogP contribution is 2.34. The number of amides is 1. The standard InChI is InChI=1S/C18H14BrN3O4/c1-26-15-5-2-9(18(24)25)6-14(15)22-16-11-4-3-10(19)7-13(11)21-8-12(16)17(20)23/h2-8H,1H3,(H2,20,23)(H,21,22)(H,24,25). The van der Waals surface area contributed by atoms with Gasteiger partial charge in [-0.15, -0.1) is 0 Å². The molecule has 2 aromatic carbocycles. The first-order valence-corrected chi connectivity index (χ1v) is 8.26. The lowest BCUT2D eigenvalue weighted by Gasteiger charge is -2.16. The number of ether oxygens (including phenoxy) is 1. The van der Waals surface area contributed by atoms with Crippen molar-refractivity contribution in [1.82, 2.24) is 4.98 Å². The van der Waals surface area contributed by atoms with Gasteiger partial charge in [-0.05, 0) is 36.4 Å². The van der Waals surface area contributed by atoms with E-state index >= 15 is 0 Å². The summed E-state index contributed by atoms with van der Waals surface area (Å²) in [5.74, 6) is -1.31. The largest absolute Gasteiger partial charge is 0.495 e.